The number of alkyl halides is 3. The third kappa shape index (κ3) is 5.64. The molecule has 7 nitrogen and oxygen atoms in total. The Kier molecular flexibility index (Phi) is 7.39. The maximum Gasteiger partial charge on any atom is 0.416 e. The Bertz CT molecular complexity index is 1110. The Balaban J connectivity index is 1.56. The lowest BCUT2D eigenvalue weighted by Crippen LogP contribution is -2.50. The number of nitrogens with one attached hydrogen (secondary N) is 2. The van der Waals surface area contributed by atoms with E-state index < -0.39 is 17.8 Å². The van der Waals surface area contributed by atoms with Crippen LogP contribution in [-0.2, 0) is 12.7 Å². The minimum atomic E-state index is -4.42. The Labute approximate surface area is 202 Å². The SMILES string of the molecule is CNC(=O)N(Cc1cccnc1)C1CCN(C(c2ccc(C)c(C(F)(F)F)c2)c2cnc[nH]2)CC1. The summed E-state index contributed by atoms with van der Waals surface area (Å²) >= 11 is 0. The number of hydrogen-bond donors (Lipinski definition) is 2. The monoisotopic (exact) mass is 486 g/mol. The van der Waals surface area contributed by atoms with E-state index in [1.165, 1.54) is 25.4 Å². The second kappa shape index (κ2) is 10.5. The first-order chi connectivity index (χ1) is 16.8. The first-order valence-corrected chi connectivity index (χ1v) is 11.5. The molecule has 1 aliphatic heterocycles. The van der Waals surface area contributed by atoms with E-state index >= 15 is 0 Å². The number of rotatable bonds is 6. The molecule has 0 saturated carbocycles. The van der Waals surface area contributed by atoms with Gasteiger partial charge in [-0.05, 0) is 48.6 Å². The Morgan fingerprint density at radius 1 is 1.23 bits per heavy atom. The number of halogens is 3. The van der Waals surface area contributed by atoms with Gasteiger partial charge in [-0.3, -0.25) is 9.88 Å². The van der Waals surface area contributed by atoms with Crippen LogP contribution in [0.1, 0.15) is 46.8 Å². The summed E-state index contributed by atoms with van der Waals surface area (Å²) in [6.07, 6.45) is 3.59. The Hall–Kier alpha value is -3.40. The minimum absolute atomic E-state index is 0.00224. The standard InChI is InChI=1S/C25H29F3N6O/c1-17-5-6-19(12-21(17)25(26,27)28)23(22-14-31-16-32-22)33-10-7-20(8-11-33)34(24(35)29-2)15-18-4-3-9-30-13-18/h3-6,9,12-14,16,20,23H,7-8,10-11,15H2,1-2H3,(H,29,35)(H,31,32). The lowest BCUT2D eigenvalue weighted by Gasteiger charge is -2.41. The van der Waals surface area contributed by atoms with E-state index in [0.29, 0.717) is 38.0 Å². The number of aromatic nitrogens is 3. The van der Waals surface area contributed by atoms with Crippen molar-refractivity contribution in [1.82, 2.24) is 30.1 Å². The van der Waals surface area contributed by atoms with Crippen LogP contribution in [0, 0.1) is 6.92 Å². The molecular weight excluding hydrogens is 457 g/mol. The van der Waals surface area contributed by atoms with Crippen LogP contribution in [0.3, 0.4) is 0 Å². The topological polar surface area (TPSA) is 77.2 Å². The summed E-state index contributed by atoms with van der Waals surface area (Å²) in [6, 6.07) is 7.73. The molecule has 1 atom stereocenters. The van der Waals surface area contributed by atoms with Crippen LogP contribution in [0.15, 0.2) is 55.2 Å². The van der Waals surface area contributed by atoms with Crippen molar-refractivity contribution in [2.45, 2.75) is 44.6 Å². The number of urea groups is 1. The molecule has 1 saturated heterocycles. The molecule has 2 aromatic heterocycles. The molecular formula is C25H29F3N6O. The van der Waals surface area contributed by atoms with Gasteiger partial charge in [-0.1, -0.05) is 18.2 Å². The smallest absolute Gasteiger partial charge is 0.347 e. The van der Waals surface area contributed by atoms with E-state index in [2.05, 4.69) is 25.2 Å². The van der Waals surface area contributed by atoms with Gasteiger partial charge in [-0.2, -0.15) is 13.2 Å². The van der Waals surface area contributed by atoms with Crippen LogP contribution in [0.2, 0.25) is 0 Å². The molecule has 3 aromatic rings. The van der Waals surface area contributed by atoms with Crippen molar-refractivity contribution in [2.24, 2.45) is 0 Å². The number of piperidine rings is 1. The van der Waals surface area contributed by atoms with Gasteiger partial charge >= 0.3 is 12.2 Å². The zero-order chi connectivity index (χ0) is 25.0. The van der Waals surface area contributed by atoms with Gasteiger partial charge in [0.25, 0.3) is 0 Å². The molecule has 2 amide bonds. The van der Waals surface area contributed by atoms with Crippen molar-refractivity contribution in [1.29, 1.82) is 0 Å². The van der Waals surface area contributed by atoms with Gasteiger partial charge in [-0.15, -0.1) is 0 Å². The molecule has 0 radical (unpaired) electrons. The second-order valence-electron chi connectivity index (χ2n) is 8.79. The third-order valence-electron chi connectivity index (χ3n) is 6.55. The molecule has 4 rings (SSSR count). The van der Waals surface area contributed by atoms with Crippen molar-refractivity contribution in [3.63, 3.8) is 0 Å². The fraction of sp³-hybridized carbons (Fsp3) is 0.400. The van der Waals surface area contributed by atoms with Crippen molar-refractivity contribution < 1.29 is 18.0 Å². The van der Waals surface area contributed by atoms with Crippen LogP contribution in [0.4, 0.5) is 18.0 Å². The minimum Gasteiger partial charge on any atom is -0.347 e. The van der Waals surface area contributed by atoms with Crippen molar-refractivity contribution in [3.8, 4) is 0 Å². The summed E-state index contributed by atoms with van der Waals surface area (Å²) in [6.45, 7) is 3.14. The number of aryl methyl sites for hydroxylation is 1. The largest absolute Gasteiger partial charge is 0.416 e. The van der Waals surface area contributed by atoms with Crippen molar-refractivity contribution in [3.05, 3.63) is 83.2 Å². The van der Waals surface area contributed by atoms with E-state index in [-0.39, 0.29) is 17.6 Å². The van der Waals surface area contributed by atoms with Crippen molar-refractivity contribution in [2.75, 3.05) is 20.1 Å². The second-order valence-corrected chi connectivity index (χ2v) is 8.79. The lowest BCUT2D eigenvalue weighted by molar-refractivity contribution is -0.138. The number of benzene rings is 1. The molecule has 35 heavy (non-hydrogen) atoms. The number of aromatic amines is 1. The van der Waals surface area contributed by atoms with Gasteiger partial charge in [0.05, 0.1) is 23.6 Å². The third-order valence-corrected chi connectivity index (χ3v) is 6.55. The molecule has 1 fully saturated rings. The molecule has 3 heterocycles. The van der Waals surface area contributed by atoms with Crippen LogP contribution in [0.25, 0.3) is 0 Å². The normalized spacial score (nSPS) is 16.1. The number of imidazole rings is 1. The van der Waals surface area contributed by atoms with E-state index in [1.807, 2.05) is 17.0 Å². The van der Waals surface area contributed by atoms with E-state index in [4.69, 9.17) is 0 Å². The highest BCUT2D eigenvalue weighted by Gasteiger charge is 2.36. The summed E-state index contributed by atoms with van der Waals surface area (Å²) in [7, 11) is 1.61. The highest BCUT2D eigenvalue weighted by Crippen LogP contribution is 2.37. The molecule has 1 aliphatic rings. The number of likely N-dealkylation sites (tertiary alicyclic amines) is 1. The molecule has 186 valence electrons. The number of hydrogen-bond acceptors (Lipinski definition) is 4. The van der Waals surface area contributed by atoms with E-state index in [9.17, 15) is 18.0 Å². The maximum absolute atomic E-state index is 13.6. The molecule has 0 spiro atoms. The molecule has 0 aliphatic carbocycles. The molecule has 1 aromatic carbocycles. The average molecular weight is 487 g/mol. The summed E-state index contributed by atoms with van der Waals surface area (Å²) < 4.78 is 40.9. The zero-order valence-corrected chi connectivity index (χ0v) is 19.7. The number of H-pyrrole nitrogens is 1. The molecule has 2 N–H and O–H groups in total. The summed E-state index contributed by atoms with van der Waals surface area (Å²) in [5.74, 6) is 0. The number of pyridine rings is 1. The number of nitrogens with zero attached hydrogens (tertiary/aromatic N) is 4. The van der Waals surface area contributed by atoms with Gasteiger partial charge in [-0.25, -0.2) is 9.78 Å². The van der Waals surface area contributed by atoms with E-state index in [0.717, 1.165) is 11.3 Å². The molecule has 10 heteroatoms. The van der Waals surface area contributed by atoms with Crippen LogP contribution in [0.5, 0.6) is 0 Å². The average Bonchev–Trinajstić information content (AvgIpc) is 3.38. The van der Waals surface area contributed by atoms with Gasteiger partial charge < -0.3 is 15.2 Å². The first kappa shape index (κ1) is 24.7. The Morgan fingerprint density at radius 3 is 2.60 bits per heavy atom. The maximum atomic E-state index is 13.6. The highest BCUT2D eigenvalue weighted by atomic mass is 19.4. The van der Waals surface area contributed by atoms with Crippen LogP contribution >= 0.6 is 0 Å². The number of carbonyl (C=O) groups is 1. The van der Waals surface area contributed by atoms with Crippen LogP contribution in [-0.4, -0.2) is 57.0 Å². The lowest BCUT2D eigenvalue weighted by atomic mass is 9.94. The predicted octanol–water partition coefficient (Wildman–Crippen LogP) is 4.53. The van der Waals surface area contributed by atoms with Gasteiger partial charge in [0.15, 0.2) is 0 Å². The summed E-state index contributed by atoms with van der Waals surface area (Å²) in [4.78, 5) is 28.0. The highest BCUT2D eigenvalue weighted by molar-refractivity contribution is 5.74. The van der Waals surface area contributed by atoms with Gasteiger partial charge in [0.2, 0.25) is 0 Å². The number of amides is 2. The molecule has 0 bridgehead atoms. The first-order valence-electron chi connectivity index (χ1n) is 11.5. The van der Waals surface area contributed by atoms with Crippen molar-refractivity contribution >= 4 is 6.03 Å². The zero-order valence-electron chi connectivity index (χ0n) is 19.7. The fourth-order valence-electron chi connectivity index (χ4n) is 4.77. The predicted molar refractivity (Wildman–Crippen MR) is 125 cm³/mol. The quantitative estimate of drug-likeness (QED) is 0.537. The summed E-state index contributed by atoms with van der Waals surface area (Å²) in [5, 5.41) is 2.72. The van der Waals surface area contributed by atoms with Gasteiger partial charge in [0, 0.05) is 51.3 Å². The van der Waals surface area contributed by atoms with Crippen LogP contribution < -0.4 is 5.32 Å². The Morgan fingerprint density at radius 2 is 2.00 bits per heavy atom. The summed E-state index contributed by atoms with van der Waals surface area (Å²) in [5.41, 5.74) is 1.80. The fourth-order valence-corrected chi connectivity index (χ4v) is 4.77. The van der Waals surface area contributed by atoms with E-state index in [1.54, 1.807) is 31.7 Å². The number of carbonyl (C=O) groups excluding carboxylic acids is 1. The van der Waals surface area contributed by atoms with Gasteiger partial charge in [0.1, 0.15) is 0 Å². The molecule has 1 unspecified atom stereocenters.